The molecule has 0 amide bonds. The van der Waals surface area contributed by atoms with Gasteiger partial charge in [-0.3, -0.25) is 9.59 Å². The first-order chi connectivity index (χ1) is 10.5. The van der Waals surface area contributed by atoms with E-state index in [0.717, 1.165) is 19.3 Å². The molecule has 0 bridgehead atoms. The van der Waals surface area contributed by atoms with Crippen LogP contribution in [0.3, 0.4) is 0 Å². The summed E-state index contributed by atoms with van der Waals surface area (Å²) in [7, 11) is 0. The summed E-state index contributed by atoms with van der Waals surface area (Å²) in [5.74, 6) is -3.56. The maximum atomic E-state index is 11.1. The Bertz CT molecular complexity index is 301. The summed E-state index contributed by atoms with van der Waals surface area (Å²) in [6, 6.07) is 0. The summed E-state index contributed by atoms with van der Waals surface area (Å²) in [5.41, 5.74) is 0. The molecule has 0 saturated heterocycles. The molecule has 0 aliphatic heterocycles. The molecule has 0 aromatic rings. The van der Waals surface area contributed by atoms with E-state index in [1.807, 2.05) is 0 Å². The molecule has 4 nitrogen and oxygen atoms in total. The summed E-state index contributed by atoms with van der Waals surface area (Å²) < 4.78 is 0. The normalized spacial score (nSPS) is 13.7. The van der Waals surface area contributed by atoms with Gasteiger partial charge in [-0.2, -0.15) is 0 Å². The molecule has 0 aromatic carbocycles. The second-order valence-electron chi connectivity index (χ2n) is 6.40. The monoisotopic (exact) mass is 314 g/mol. The highest BCUT2D eigenvalue weighted by Gasteiger charge is 2.29. The van der Waals surface area contributed by atoms with Crippen molar-refractivity contribution in [1.29, 1.82) is 0 Å². The predicted octanol–water partition coefficient (Wildman–Crippen LogP) is 5.11. The smallest absolute Gasteiger partial charge is 0.307 e. The molecule has 0 radical (unpaired) electrons. The van der Waals surface area contributed by atoms with Gasteiger partial charge in [0.05, 0.1) is 11.8 Å². The lowest BCUT2D eigenvalue weighted by molar-refractivity contribution is -0.153. The van der Waals surface area contributed by atoms with Crippen molar-refractivity contribution in [3.8, 4) is 0 Å². The van der Waals surface area contributed by atoms with E-state index < -0.39 is 23.8 Å². The highest BCUT2D eigenvalue weighted by molar-refractivity contribution is 5.79. The lowest BCUT2D eigenvalue weighted by Crippen LogP contribution is -2.27. The molecule has 0 aromatic heterocycles. The van der Waals surface area contributed by atoms with Gasteiger partial charge in [0.1, 0.15) is 0 Å². The third-order valence-corrected chi connectivity index (χ3v) is 4.43. The highest BCUT2D eigenvalue weighted by Crippen LogP contribution is 2.20. The molecule has 2 unspecified atom stereocenters. The zero-order chi connectivity index (χ0) is 16.8. The summed E-state index contributed by atoms with van der Waals surface area (Å²) in [4.78, 5) is 22.0. The van der Waals surface area contributed by atoms with Crippen LogP contribution in [0.5, 0.6) is 0 Å². The highest BCUT2D eigenvalue weighted by atomic mass is 16.4. The SMILES string of the molecule is CCCCCCCCCCCCCC(C(=O)O)C(C)C(=O)O. The van der Waals surface area contributed by atoms with E-state index in [-0.39, 0.29) is 0 Å². The van der Waals surface area contributed by atoms with Gasteiger partial charge in [-0.15, -0.1) is 0 Å². The van der Waals surface area contributed by atoms with Gasteiger partial charge in [-0.25, -0.2) is 0 Å². The summed E-state index contributed by atoms with van der Waals surface area (Å²) in [6.07, 6.45) is 13.9. The van der Waals surface area contributed by atoms with E-state index in [1.54, 1.807) is 0 Å². The Morgan fingerprint density at radius 3 is 1.50 bits per heavy atom. The van der Waals surface area contributed by atoms with Crippen LogP contribution in [-0.4, -0.2) is 22.2 Å². The van der Waals surface area contributed by atoms with E-state index in [1.165, 1.54) is 58.3 Å². The minimum Gasteiger partial charge on any atom is -0.481 e. The van der Waals surface area contributed by atoms with E-state index in [9.17, 15) is 9.59 Å². The van der Waals surface area contributed by atoms with Crippen LogP contribution in [0.4, 0.5) is 0 Å². The summed E-state index contributed by atoms with van der Waals surface area (Å²) in [5, 5.41) is 18.0. The minimum absolute atomic E-state index is 0.472. The minimum atomic E-state index is -1.02. The van der Waals surface area contributed by atoms with Crippen molar-refractivity contribution in [2.75, 3.05) is 0 Å². The number of unbranched alkanes of at least 4 members (excludes halogenated alkanes) is 10. The number of carbonyl (C=O) groups is 2. The molecule has 0 aliphatic rings. The van der Waals surface area contributed by atoms with Gasteiger partial charge in [-0.1, -0.05) is 84.5 Å². The van der Waals surface area contributed by atoms with E-state index in [0.29, 0.717) is 6.42 Å². The summed E-state index contributed by atoms with van der Waals surface area (Å²) >= 11 is 0. The van der Waals surface area contributed by atoms with Crippen molar-refractivity contribution in [2.45, 2.75) is 90.9 Å². The van der Waals surface area contributed by atoms with Gasteiger partial charge in [0.2, 0.25) is 0 Å². The lowest BCUT2D eigenvalue weighted by atomic mass is 9.89. The molecule has 130 valence electrons. The number of hydrogen-bond acceptors (Lipinski definition) is 2. The predicted molar refractivity (Wildman–Crippen MR) is 89.0 cm³/mol. The van der Waals surface area contributed by atoms with Crippen LogP contribution in [0.1, 0.15) is 90.9 Å². The number of hydrogen-bond donors (Lipinski definition) is 2. The molecule has 0 rings (SSSR count). The first kappa shape index (κ1) is 20.9. The Morgan fingerprint density at radius 2 is 1.14 bits per heavy atom. The maximum absolute atomic E-state index is 11.1. The Kier molecular flexibility index (Phi) is 12.9. The Labute approximate surface area is 135 Å². The van der Waals surface area contributed by atoms with E-state index >= 15 is 0 Å². The molecule has 0 aliphatic carbocycles. The molecule has 2 atom stereocenters. The average molecular weight is 314 g/mol. The van der Waals surface area contributed by atoms with Crippen molar-refractivity contribution in [3.63, 3.8) is 0 Å². The van der Waals surface area contributed by atoms with E-state index in [2.05, 4.69) is 6.92 Å². The third kappa shape index (κ3) is 10.6. The Balaban J connectivity index is 3.54. The molecule has 0 saturated carbocycles. The van der Waals surface area contributed by atoms with Crippen molar-refractivity contribution in [1.82, 2.24) is 0 Å². The first-order valence-electron chi connectivity index (χ1n) is 8.96. The van der Waals surface area contributed by atoms with Gasteiger partial charge >= 0.3 is 11.9 Å². The molecule has 4 heteroatoms. The molecule has 2 N–H and O–H groups in total. The van der Waals surface area contributed by atoms with Gasteiger partial charge in [0, 0.05) is 0 Å². The van der Waals surface area contributed by atoms with Crippen LogP contribution in [0.25, 0.3) is 0 Å². The topological polar surface area (TPSA) is 74.6 Å². The fraction of sp³-hybridized carbons (Fsp3) is 0.889. The largest absolute Gasteiger partial charge is 0.481 e. The van der Waals surface area contributed by atoms with Crippen molar-refractivity contribution < 1.29 is 19.8 Å². The molecular formula is C18H34O4. The van der Waals surface area contributed by atoms with Crippen molar-refractivity contribution >= 4 is 11.9 Å². The zero-order valence-electron chi connectivity index (χ0n) is 14.4. The number of carboxylic acids is 2. The quantitative estimate of drug-likeness (QED) is 0.412. The molecule has 0 heterocycles. The van der Waals surface area contributed by atoms with Gasteiger partial charge in [-0.05, 0) is 6.42 Å². The number of aliphatic carboxylic acids is 2. The molecular weight excluding hydrogens is 280 g/mol. The van der Waals surface area contributed by atoms with Crippen molar-refractivity contribution in [2.24, 2.45) is 11.8 Å². The van der Waals surface area contributed by atoms with Gasteiger partial charge < -0.3 is 10.2 Å². The average Bonchev–Trinajstić information content (AvgIpc) is 2.47. The van der Waals surface area contributed by atoms with Crippen LogP contribution in [0.2, 0.25) is 0 Å². The first-order valence-corrected chi connectivity index (χ1v) is 8.96. The van der Waals surface area contributed by atoms with Crippen LogP contribution < -0.4 is 0 Å². The van der Waals surface area contributed by atoms with E-state index in [4.69, 9.17) is 10.2 Å². The van der Waals surface area contributed by atoms with Crippen LogP contribution >= 0.6 is 0 Å². The third-order valence-electron chi connectivity index (χ3n) is 4.43. The Morgan fingerprint density at radius 1 is 0.727 bits per heavy atom. The van der Waals surface area contributed by atoms with Gasteiger partial charge in [0.25, 0.3) is 0 Å². The number of carboxylic acid groups (broad SMARTS) is 2. The second kappa shape index (κ2) is 13.6. The maximum Gasteiger partial charge on any atom is 0.307 e. The summed E-state index contributed by atoms with van der Waals surface area (Å²) in [6.45, 7) is 3.71. The van der Waals surface area contributed by atoms with Crippen LogP contribution in [-0.2, 0) is 9.59 Å². The number of rotatable bonds is 15. The fourth-order valence-electron chi connectivity index (χ4n) is 2.79. The zero-order valence-corrected chi connectivity index (χ0v) is 14.4. The molecule has 0 spiro atoms. The van der Waals surface area contributed by atoms with Crippen LogP contribution in [0.15, 0.2) is 0 Å². The van der Waals surface area contributed by atoms with Gasteiger partial charge in [0.15, 0.2) is 0 Å². The second-order valence-corrected chi connectivity index (χ2v) is 6.40. The Hall–Kier alpha value is -1.06. The lowest BCUT2D eigenvalue weighted by Gasteiger charge is -2.16. The fourth-order valence-corrected chi connectivity index (χ4v) is 2.79. The standard InChI is InChI=1S/C18H34O4/c1-3-4-5-6-7-8-9-10-11-12-13-14-16(18(21)22)15(2)17(19)20/h15-16H,3-14H2,1-2H3,(H,19,20)(H,21,22). The molecule has 22 heavy (non-hydrogen) atoms. The van der Waals surface area contributed by atoms with Crippen LogP contribution in [0, 0.1) is 11.8 Å². The molecule has 0 fully saturated rings. The van der Waals surface area contributed by atoms with Crippen molar-refractivity contribution in [3.05, 3.63) is 0 Å².